The minimum absolute atomic E-state index is 0.0635. The molecule has 0 spiro atoms. The molecule has 2 aromatic carbocycles. The third-order valence-electron chi connectivity index (χ3n) is 4.67. The SMILES string of the molecule is Cc1oc(-c2ccc(C(F)(F)F)cc2)cc1COc1cccc(CN(C)CC(=O)O)c1. The van der Waals surface area contributed by atoms with Crippen LogP contribution in [-0.2, 0) is 24.1 Å². The normalized spacial score (nSPS) is 11.7. The maximum Gasteiger partial charge on any atom is 0.416 e. The molecule has 3 rings (SSSR count). The fourth-order valence-corrected chi connectivity index (χ4v) is 3.12. The first-order chi connectivity index (χ1) is 14.6. The summed E-state index contributed by atoms with van der Waals surface area (Å²) in [6, 6.07) is 13.9. The topological polar surface area (TPSA) is 62.9 Å². The van der Waals surface area contributed by atoms with Crippen molar-refractivity contribution in [3.63, 3.8) is 0 Å². The zero-order valence-electron chi connectivity index (χ0n) is 17.1. The molecule has 0 amide bonds. The molecule has 31 heavy (non-hydrogen) atoms. The van der Waals surface area contributed by atoms with Gasteiger partial charge in [0.2, 0.25) is 0 Å². The summed E-state index contributed by atoms with van der Waals surface area (Å²) in [5, 5.41) is 8.86. The second-order valence-electron chi connectivity index (χ2n) is 7.27. The largest absolute Gasteiger partial charge is 0.489 e. The van der Waals surface area contributed by atoms with Crippen LogP contribution in [0.3, 0.4) is 0 Å². The van der Waals surface area contributed by atoms with E-state index in [1.54, 1.807) is 31.0 Å². The van der Waals surface area contributed by atoms with Crippen molar-refractivity contribution in [2.45, 2.75) is 26.3 Å². The van der Waals surface area contributed by atoms with E-state index in [2.05, 4.69) is 0 Å². The number of likely N-dealkylation sites (N-methyl/N-ethyl adjacent to an activating group) is 1. The minimum Gasteiger partial charge on any atom is -0.489 e. The highest BCUT2D eigenvalue weighted by Crippen LogP contribution is 2.32. The van der Waals surface area contributed by atoms with Gasteiger partial charge in [0.1, 0.15) is 23.9 Å². The van der Waals surface area contributed by atoms with E-state index in [4.69, 9.17) is 14.3 Å². The molecule has 0 saturated carbocycles. The number of furan rings is 1. The van der Waals surface area contributed by atoms with E-state index in [0.29, 0.717) is 29.4 Å². The smallest absolute Gasteiger partial charge is 0.416 e. The number of carbonyl (C=O) groups is 1. The van der Waals surface area contributed by atoms with Gasteiger partial charge in [0, 0.05) is 17.7 Å². The van der Waals surface area contributed by atoms with E-state index < -0.39 is 17.7 Å². The molecule has 164 valence electrons. The molecular formula is C23H22F3NO4. The van der Waals surface area contributed by atoms with Crippen molar-refractivity contribution in [1.82, 2.24) is 4.90 Å². The zero-order chi connectivity index (χ0) is 22.6. The van der Waals surface area contributed by atoms with Crippen LogP contribution in [0, 0.1) is 6.92 Å². The van der Waals surface area contributed by atoms with Gasteiger partial charge in [0.05, 0.1) is 12.1 Å². The van der Waals surface area contributed by atoms with Gasteiger partial charge < -0.3 is 14.3 Å². The maximum atomic E-state index is 12.7. The van der Waals surface area contributed by atoms with Crippen molar-refractivity contribution in [2.75, 3.05) is 13.6 Å². The van der Waals surface area contributed by atoms with Crippen LogP contribution in [0.2, 0.25) is 0 Å². The monoisotopic (exact) mass is 433 g/mol. The molecule has 8 heteroatoms. The van der Waals surface area contributed by atoms with Crippen LogP contribution in [0.1, 0.15) is 22.5 Å². The maximum absolute atomic E-state index is 12.7. The lowest BCUT2D eigenvalue weighted by atomic mass is 10.1. The first-order valence-electron chi connectivity index (χ1n) is 9.51. The molecule has 0 aliphatic heterocycles. The number of carboxylic acid groups (broad SMARTS) is 1. The van der Waals surface area contributed by atoms with Crippen LogP contribution in [-0.4, -0.2) is 29.6 Å². The minimum atomic E-state index is -4.38. The third kappa shape index (κ3) is 6.11. The summed E-state index contributed by atoms with van der Waals surface area (Å²) in [5.41, 5.74) is 1.53. The molecule has 1 aromatic heterocycles. The van der Waals surface area contributed by atoms with Crippen LogP contribution in [0.25, 0.3) is 11.3 Å². The first-order valence-corrected chi connectivity index (χ1v) is 9.51. The summed E-state index contributed by atoms with van der Waals surface area (Å²) < 4.78 is 49.8. The fraction of sp³-hybridized carbons (Fsp3) is 0.261. The average Bonchev–Trinajstić information content (AvgIpc) is 3.06. The van der Waals surface area contributed by atoms with Crippen molar-refractivity contribution < 1.29 is 32.2 Å². The molecule has 1 N–H and O–H groups in total. The van der Waals surface area contributed by atoms with Gasteiger partial charge in [-0.1, -0.05) is 24.3 Å². The third-order valence-corrected chi connectivity index (χ3v) is 4.67. The second-order valence-corrected chi connectivity index (χ2v) is 7.27. The van der Waals surface area contributed by atoms with E-state index in [-0.39, 0.29) is 13.2 Å². The summed E-state index contributed by atoms with van der Waals surface area (Å²) in [4.78, 5) is 12.5. The highest BCUT2D eigenvalue weighted by molar-refractivity contribution is 5.69. The summed E-state index contributed by atoms with van der Waals surface area (Å²) in [5.74, 6) is 0.813. The average molecular weight is 433 g/mol. The van der Waals surface area contributed by atoms with Gasteiger partial charge in [-0.15, -0.1) is 0 Å². The fourth-order valence-electron chi connectivity index (χ4n) is 3.12. The zero-order valence-corrected chi connectivity index (χ0v) is 17.1. The Morgan fingerprint density at radius 1 is 1.13 bits per heavy atom. The van der Waals surface area contributed by atoms with Crippen molar-refractivity contribution in [1.29, 1.82) is 0 Å². The number of hydrogen-bond donors (Lipinski definition) is 1. The van der Waals surface area contributed by atoms with Gasteiger partial charge in [0.15, 0.2) is 0 Å². The molecule has 0 aliphatic rings. The van der Waals surface area contributed by atoms with E-state index >= 15 is 0 Å². The van der Waals surface area contributed by atoms with Gasteiger partial charge in [-0.05, 0) is 49.9 Å². The van der Waals surface area contributed by atoms with E-state index in [1.807, 2.05) is 18.2 Å². The Balaban J connectivity index is 1.66. The van der Waals surface area contributed by atoms with Crippen LogP contribution in [0.4, 0.5) is 13.2 Å². The lowest BCUT2D eigenvalue weighted by Gasteiger charge is -2.14. The molecule has 0 radical (unpaired) electrons. The number of halogens is 3. The highest BCUT2D eigenvalue weighted by atomic mass is 19.4. The standard InChI is InChI=1S/C23H22F3NO4/c1-15-18(11-21(31-15)17-6-8-19(9-7-17)23(24,25)26)14-30-20-5-3-4-16(10-20)12-27(2)13-22(28)29/h3-11H,12-14H2,1-2H3,(H,28,29). The molecule has 0 atom stereocenters. The molecule has 5 nitrogen and oxygen atoms in total. The van der Waals surface area contributed by atoms with E-state index in [1.165, 1.54) is 12.1 Å². The number of aryl methyl sites for hydroxylation is 1. The van der Waals surface area contributed by atoms with Gasteiger partial charge in [-0.2, -0.15) is 13.2 Å². The van der Waals surface area contributed by atoms with Gasteiger partial charge in [0.25, 0.3) is 0 Å². The van der Waals surface area contributed by atoms with Crippen molar-refractivity contribution in [3.8, 4) is 17.1 Å². The number of ether oxygens (including phenoxy) is 1. The Morgan fingerprint density at radius 3 is 2.48 bits per heavy atom. The lowest BCUT2D eigenvalue weighted by Crippen LogP contribution is -2.25. The molecule has 1 heterocycles. The van der Waals surface area contributed by atoms with Crippen LogP contribution < -0.4 is 4.74 Å². The number of rotatable bonds is 8. The van der Waals surface area contributed by atoms with Crippen molar-refractivity contribution in [3.05, 3.63) is 77.0 Å². The predicted molar refractivity (Wildman–Crippen MR) is 109 cm³/mol. The van der Waals surface area contributed by atoms with Crippen LogP contribution in [0.5, 0.6) is 5.75 Å². The van der Waals surface area contributed by atoms with Gasteiger partial charge in [-0.3, -0.25) is 9.69 Å². The molecule has 0 saturated heterocycles. The number of alkyl halides is 3. The molecule has 0 bridgehead atoms. The Morgan fingerprint density at radius 2 is 1.84 bits per heavy atom. The van der Waals surface area contributed by atoms with Crippen LogP contribution >= 0.6 is 0 Å². The summed E-state index contributed by atoms with van der Waals surface area (Å²) in [6.45, 7) is 2.40. The Hall–Kier alpha value is -3.26. The van der Waals surface area contributed by atoms with E-state index in [0.717, 1.165) is 23.3 Å². The molecule has 0 fully saturated rings. The molecule has 3 aromatic rings. The summed E-state index contributed by atoms with van der Waals surface area (Å²) in [7, 11) is 1.72. The molecule has 0 aliphatic carbocycles. The van der Waals surface area contributed by atoms with Gasteiger partial charge in [-0.25, -0.2) is 0 Å². The first kappa shape index (κ1) is 22.4. The van der Waals surface area contributed by atoms with Crippen molar-refractivity contribution >= 4 is 5.97 Å². The lowest BCUT2D eigenvalue weighted by molar-refractivity contribution is -0.138. The Bertz CT molecular complexity index is 1040. The van der Waals surface area contributed by atoms with Crippen LogP contribution in [0.15, 0.2) is 59.0 Å². The summed E-state index contributed by atoms with van der Waals surface area (Å²) >= 11 is 0. The quantitative estimate of drug-likeness (QED) is 0.518. The second kappa shape index (κ2) is 9.26. The molecular weight excluding hydrogens is 411 g/mol. The van der Waals surface area contributed by atoms with Gasteiger partial charge >= 0.3 is 12.1 Å². The van der Waals surface area contributed by atoms with E-state index in [9.17, 15) is 18.0 Å². The Labute approximate surface area is 177 Å². The Kier molecular flexibility index (Phi) is 6.70. The number of carboxylic acids is 1. The summed E-state index contributed by atoms with van der Waals surface area (Å²) in [6.07, 6.45) is -4.38. The van der Waals surface area contributed by atoms with Crippen molar-refractivity contribution in [2.24, 2.45) is 0 Å². The predicted octanol–water partition coefficient (Wildman–Crippen LogP) is 5.37. The number of benzene rings is 2. The number of aliphatic carboxylic acids is 1. The highest BCUT2D eigenvalue weighted by Gasteiger charge is 2.30. The number of hydrogen-bond acceptors (Lipinski definition) is 4. The molecule has 0 unspecified atom stereocenters. The number of nitrogens with zero attached hydrogens (tertiary/aromatic N) is 1.